The van der Waals surface area contributed by atoms with E-state index in [4.69, 9.17) is 5.11 Å². The molecule has 0 saturated heterocycles. The van der Waals surface area contributed by atoms with Gasteiger partial charge in [-0.1, -0.05) is 6.92 Å². The molecule has 1 heterocycles. The molecule has 4 heteroatoms. The van der Waals surface area contributed by atoms with Gasteiger partial charge in [0.15, 0.2) is 5.69 Å². The molecule has 0 bridgehead atoms. The molecule has 12 heavy (non-hydrogen) atoms. The van der Waals surface area contributed by atoms with E-state index in [1.807, 2.05) is 0 Å². The summed E-state index contributed by atoms with van der Waals surface area (Å²) < 4.78 is 0. The fraction of sp³-hybridized carbons (Fsp3) is 0.500. The molecule has 0 spiro atoms. The van der Waals surface area contributed by atoms with E-state index in [1.165, 1.54) is 11.3 Å². The van der Waals surface area contributed by atoms with E-state index in [0.29, 0.717) is 0 Å². The summed E-state index contributed by atoms with van der Waals surface area (Å²) >= 11 is 1.46. The molecule has 2 rings (SSSR count). The molecule has 1 N–H and O–H groups in total. The third-order valence-corrected chi connectivity index (χ3v) is 3.39. The summed E-state index contributed by atoms with van der Waals surface area (Å²) in [5, 5.41) is 11.2. The first-order valence-corrected chi connectivity index (χ1v) is 4.69. The number of rotatable bonds is 2. The Morgan fingerprint density at radius 2 is 2.42 bits per heavy atom. The predicted octanol–water partition coefficient (Wildman–Crippen LogP) is 1.89. The Labute approximate surface area is 74.1 Å². The maximum absolute atomic E-state index is 10.5. The van der Waals surface area contributed by atoms with Crippen molar-refractivity contribution in [3.63, 3.8) is 0 Å². The van der Waals surface area contributed by atoms with Crippen LogP contribution < -0.4 is 0 Å². The van der Waals surface area contributed by atoms with E-state index >= 15 is 0 Å². The lowest BCUT2D eigenvalue weighted by Crippen LogP contribution is -2.01. The number of aromatic carboxylic acids is 1. The lowest BCUT2D eigenvalue weighted by Gasteiger charge is -1.99. The number of nitrogens with zero attached hydrogens (tertiary/aromatic N) is 1. The first-order valence-electron chi connectivity index (χ1n) is 3.81. The highest BCUT2D eigenvalue weighted by Gasteiger charge is 2.42. The van der Waals surface area contributed by atoms with Gasteiger partial charge in [-0.3, -0.25) is 0 Å². The van der Waals surface area contributed by atoms with Gasteiger partial charge in [-0.25, -0.2) is 9.78 Å². The molecule has 1 aromatic rings. The summed E-state index contributed by atoms with van der Waals surface area (Å²) in [4.78, 5) is 14.6. The zero-order valence-corrected chi connectivity index (χ0v) is 7.52. The largest absolute Gasteiger partial charge is 0.476 e. The second-order valence-corrected chi connectivity index (χ2v) is 4.26. The Hall–Kier alpha value is -0.900. The third-order valence-electron chi connectivity index (χ3n) is 2.24. The SMILES string of the molecule is CC1(c2nc(C(=O)O)cs2)CC1. The van der Waals surface area contributed by atoms with Gasteiger partial charge in [0.1, 0.15) is 0 Å². The Bertz CT molecular complexity index is 328. The quantitative estimate of drug-likeness (QED) is 0.761. The van der Waals surface area contributed by atoms with E-state index in [2.05, 4.69) is 11.9 Å². The average Bonchev–Trinajstić information content (AvgIpc) is 2.61. The monoisotopic (exact) mass is 183 g/mol. The van der Waals surface area contributed by atoms with Crippen molar-refractivity contribution in [1.82, 2.24) is 4.98 Å². The molecule has 0 aliphatic heterocycles. The first-order chi connectivity index (χ1) is 5.62. The Morgan fingerprint density at radius 3 is 2.83 bits per heavy atom. The van der Waals surface area contributed by atoms with Crippen LogP contribution in [0, 0.1) is 0 Å². The Kier molecular flexibility index (Phi) is 1.48. The second kappa shape index (κ2) is 2.29. The van der Waals surface area contributed by atoms with Crippen molar-refractivity contribution in [3.8, 4) is 0 Å². The maximum atomic E-state index is 10.5. The number of hydrogen-bond donors (Lipinski definition) is 1. The zero-order valence-electron chi connectivity index (χ0n) is 6.70. The highest BCUT2D eigenvalue weighted by Crippen LogP contribution is 2.48. The van der Waals surface area contributed by atoms with Gasteiger partial charge in [0.05, 0.1) is 5.01 Å². The predicted molar refractivity (Wildman–Crippen MR) is 45.7 cm³/mol. The van der Waals surface area contributed by atoms with Gasteiger partial charge < -0.3 is 5.11 Å². The zero-order chi connectivity index (χ0) is 8.77. The van der Waals surface area contributed by atoms with E-state index in [0.717, 1.165) is 17.8 Å². The molecule has 1 saturated carbocycles. The van der Waals surface area contributed by atoms with Crippen LogP contribution in [0.3, 0.4) is 0 Å². The van der Waals surface area contributed by atoms with Crippen LogP contribution in [-0.4, -0.2) is 16.1 Å². The summed E-state index contributed by atoms with van der Waals surface area (Å²) in [5.41, 5.74) is 0.376. The Morgan fingerprint density at radius 1 is 1.75 bits per heavy atom. The fourth-order valence-electron chi connectivity index (χ4n) is 1.05. The van der Waals surface area contributed by atoms with Crippen LogP contribution >= 0.6 is 11.3 Å². The molecule has 1 fully saturated rings. The molecule has 3 nitrogen and oxygen atoms in total. The van der Waals surface area contributed by atoms with Crippen LogP contribution in [0.25, 0.3) is 0 Å². The summed E-state index contributed by atoms with van der Waals surface area (Å²) in [6, 6.07) is 0. The standard InChI is InChI=1S/C8H9NO2S/c1-8(2-3-8)7-9-5(4-12-7)6(10)11/h4H,2-3H2,1H3,(H,10,11). The fourth-order valence-corrected chi connectivity index (χ4v) is 2.07. The lowest BCUT2D eigenvalue weighted by molar-refractivity contribution is 0.0691. The smallest absolute Gasteiger partial charge is 0.355 e. The molecule has 1 aliphatic carbocycles. The van der Waals surface area contributed by atoms with Gasteiger partial charge in [0.2, 0.25) is 0 Å². The van der Waals surface area contributed by atoms with Gasteiger partial charge >= 0.3 is 5.97 Å². The molecular weight excluding hydrogens is 174 g/mol. The van der Waals surface area contributed by atoms with E-state index in [-0.39, 0.29) is 11.1 Å². The summed E-state index contributed by atoms with van der Waals surface area (Å²) in [5.74, 6) is -0.929. The first kappa shape index (κ1) is 7.73. The second-order valence-electron chi connectivity index (χ2n) is 3.40. The topological polar surface area (TPSA) is 50.2 Å². The molecule has 0 unspecified atom stereocenters. The van der Waals surface area contributed by atoms with Crippen molar-refractivity contribution in [2.24, 2.45) is 0 Å². The minimum absolute atomic E-state index is 0.183. The van der Waals surface area contributed by atoms with Crippen LogP contribution in [0.4, 0.5) is 0 Å². The molecule has 64 valence electrons. The minimum Gasteiger partial charge on any atom is -0.476 e. The van der Waals surface area contributed by atoms with Gasteiger partial charge in [0, 0.05) is 10.8 Å². The highest BCUT2D eigenvalue weighted by atomic mass is 32.1. The Balaban J connectivity index is 2.30. The summed E-state index contributed by atoms with van der Waals surface area (Å²) in [6.45, 7) is 2.12. The van der Waals surface area contributed by atoms with Gasteiger partial charge in [-0.15, -0.1) is 11.3 Å². The third kappa shape index (κ3) is 1.12. The molecule has 1 aliphatic rings. The molecule has 0 radical (unpaired) electrons. The van der Waals surface area contributed by atoms with Crippen LogP contribution in [-0.2, 0) is 5.41 Å². The minimum atomic E-state index is -0.929. The molecule has 0 amide bonds. The number of thiazole rings is 1. The van der Waals surface area contributed by atoms with Crippen LogP contribution in [0.2, 0.25) is 0 Å². The van der Waals surface area contributed by atoms with Crippen LogP contribution in [0.1, 0.15) is 35.3 Å². The van der Waals surface area contributed by atoms with Crippen molar-refractivity contribution >= 4 is 17.3 Å². The number of carboxylic acids is 1. The maximum Gasteiger partial charge on any atom is 0.355 e. The molecule has 1 aromatic heterocycles. The van der Waals surface area contributed by atoms with Crippen molar-refractivity contribution in [2.75, 3.05) is 0 Å². The van der Waals surface area contributed by atoms with E-state index < -0.39 is 5.97 Å². The number of aromatic nitrogens is 1. The number of carbonyl (C=O) groups is 1. The molecule has 0 atom stereocenters. The van der Waals surface area contributed by atoms with Gasteiger partial charge in [-0.05, 0) is 12.8 Å². The average molecular weight is 183 g/mol. The normalized spacial score (nSPS) is 19.1. The summed E-state index contributed by atoms with van der Waals surface area (Å²) in [7, 11) is 0. The van der Waals surface area contributed by atoms with Crippen LogP contribution in [0.5, 0.6) is 0 Å². The van der Waals surface area contributed by atoms with E-state index in [1.54, 1.807) is 5.38 Å². The molecule has 0 aromatic carbocycles. The van der Waals surface area contributed by atoms with Gasteiger partial charge in [0.25, 0.3) is 0 Å². The number of hydrogen-bond acceptors (Lipinski definition) is 3. The van der Waals surface area contributed by atoms with Gasteiger partial charge in [-0.2, -0.15) is 0 Å². The number of carboxylic acid groups (broad SMARTS) is 1. The van der Waals surface area contributed by atoms with Crippen molar-refractivity contribution in [2.45, 2.75) is 25.2 Å². The highest BCUT2D eigenvalue weighted by molar-refractivity contribution is 7.10. The van der Waals surface area contributed by atoms with Crippen LogP contribution in [0.15, 0.2) is 5.38 Å². The van der Waals surface area contributed by atoms with Crippen molar-refractivity contribution in [3.05, 3.63) is 16.1 Å². The molecular formula is C8H9NO2S. The van der Waals surface area contributed by atoms with Crippen molar-refractivity contribution in [1.29, 1.82) is 0 Å². The van der Waals surface area contributed by atoms with E-state index in [9.17, 15) is 4.79 Å². The summed E-state index contributed by atoms with van der Waals surface area (Å²) in [6.07, 6.45) is 2.28. The van der Waals surface area contributed by atoms with Crippen molar-refractivity contribution < 1.29 is 9.90 Å². The lowest BCUT2D eigenvalue weighted by atomic mass is 10.2.